The van der Waals surface area contributed by atoms with Gasteiger partial charge in [-0.1, -0.05) is 227 Å². The van der Waals surface area contributed by atoms with Crippen LogP contribution >= 0.6 is 35.1 Å². The topological polar surface area (TPSA) is 314 Å². The van der Waals surface area contributed by atoms with Crippen LogP contribution in [0.25, 0.3) is 0 Å². The van der Waals surface area contributed by atoms with E-state index in [1.54, 1.807) is 81.1 Å². The third-order valence-corrected chi connectivity index (χ3v) is 30.6. The van der Waals surface area contributed by atoms with Crippen molar-refractivity contribution in [2.45, 2.75) is 200 Å². The van der Waals surface area contributed by atoms with Gasteiger partial charge in [0.1, 0.15) is 56.5 Å². The number of alkyl halides is 1. The Hall–Kier alpha value is -13.5. The second-order valence-corrected chi connectivity index (χ2v) is 40.2. The largest absolute Gasteiger partial charge is 0.497 e. The SMILES string of the molecule is CCCCCNC(=O)CCc1ccc(C(SCCCC(C)O)(c2ccc(OC)cc2)c2ccc(OC)cc2)cc1.CCCCNC(=O)CCc1ccc(C(SCCC(C)O)(c2ccc(OC)cc2)c2ccc(OC)cc2)cc1.COc1ccc(C(Cl)(c2ccc(CCC(=O)OC3C(=O)CCC3=O)cc2)c2ccc(OC)cc2)cc1.COc1ccc(C(O)(c2ccc(CCC(=O)OC3C(=O)CCC3=O)cc2)c2ccc(OC)cc2)cc1. The van der Waals surface area contributed by atoms with Crippen LogP contribution in [0, 0.1) is 0 Å². The lowest BCUT2D eigenvalue weighted by Crippen LogP contribution is -2.29. The summed E-state index contributed by atoms with van der Waals surface area (Å²) in [6, 6.07) is 95.1. The number of aryl methyl sites for hydroxylation is 4. The lowest BCUT2D eigenvalue weighted by atomic mass is 9.80. The molecular weight excluding hydrogens is 1950 g/mol. The van der Waals surface area contributed by atoms with E-state index >= 15 is 0 Å². The minimum atomic E-state index is -1.45. The standard InChI is InChI=1S/C34H45NO4S.C32H41NO4S.C29H27ClO6.C29H28O7/c1-5-6-7-24-35-33(37)23-12-27-10-13-28(14-11-27)34(40-25-8-9-26(2)36,29-15-19-31(38-3)20-16-29)30-17-21-32(39-4)22-18-30;1-5-6-22-33-31(35)20-9-25-7-10-26(11-8-25)32(38-23-21-24(2)34,27-12-16-29(36-3)17-13-27)28-14-18-30(37-4)19-15-28;1-34-23-12-8-21(9-13-23)29(30,22-10-14-24(35-2)15-11-22)20-6-3-19(4-7-20)5-18-27(33)36-28-25(31)16-17-26(28)32;1-34-23-12-8-21(9-13-23)29(33,22-10-14-24(35-2)15-11-22)20-6-3-19(4-7-20)5-18-27(32)36-28-25(30)16-17-26(28)31/h10-11,13-22,26,36H,5-9,12,23-25H2,1-4H3,(H,35,37);7-8,10-19,24,34H,5-6,9,20-23H2,1-4H3,(H,33,35);3-4,6-15,28H,5,16-18H2,1-2H3;3-4,6-15,28,33H,5,16-18H2,1-2H3. The predicted octanol–water partition coefficient (Wildman–Crippen LogP) is 22.3. The zero-order valence-electron chi connectivity index (χ0n) is 87.9. The maximum Gasteiger partial charge on any atom is 0.307 e. The maximum atomic E-state index is 12.3. The molecule has 0 radical (unpaired) electrons. The molecule has 2 atom stereocenters. The number of carbonyl (C=O) groups is 8. The fourth-order valence-electron chi connectivity index (χ4n) is 17.9. The number of aliphatic hydroxyl groups is 3. The van der Waals surface area contributed by atoms with Crippen LogP contribution in [-0.2, 0) is 93.5 Å². The average Bonchev–Trinajstić information content (AvgIpc) is 0.973. The molecule has 14 rings (SSSR count). The van der Waals surface area contributed by atoms with Gasteiger partial charge in [-0.05, 0) is 269 Å². The Kier molecular flexibility index (Phi) is 45.6. The molecule has 0 aromatic heterocycles. The van der Waals surface area contributed by atoms with Gasteiger partial charge < -0.3 is 73.3 Å². The van der Waals surface area contributed by atoms with Gasteiger partial charge in [0.05, 0.1) is 78.6 Å². The second-order valence-electron chi connectivity index (χ2n) is 37.0. The van der Waals surface area contributed by atoms with Gasteiger partial charge in [0.15, 0.2) is 23.1 Å². The smallest absolute Gasteiger partial charge is 0.307 e. The molecule has 150 heavy (non-hydrogen) atoms. The van der Waals surface area contributed by atoms with Gasteiger partial charge in [0, 0.05) is 64.5 Å². The molecule has 792 valence electrons. The van der Waals surface area contributed by atoms with Crippen molar-refractivity contribution in [3.63, 3.8) is 0 Å². The Balaban J connectivity index is 0.000000190. The zero-order chi connectivity index (χ0) is 108. The number of ketones is 4. The van der Waals surface area contributed by atoms with Gasteiger partial charge in [-0.2, -0.15) is 0 Å². The van der Waals surface area contributed by atoms with Crippen molar-refractivity contribution in [3.8, 4) is 46.0 Å². The lowest BCUT2D eigenvalue weighted by molar-refractivity contribution is -0.157. The number of methoxy groups -OCH3 is 8. The number of unbranched alkanes of at least 4 members (excludes halogenated alkanes) is 3. The number of benzene rings is 12. The number of nitrogens with one attached hydrogen (secondary N) is 2. The summed E-state index contributed by atoms with van der Waals surface area (Å²) >= 11 is 11.1. The van der Waals surface area contributed by atoms with E-state index in [-0.39, 0.29) is 85.7 Å². The highest BCUT2D eigenvalue weighted by Gasteiger charge is 2.43. The van der Waals surface area contributed by atoms with Crippen LogP contribution in [0.2, 0.25) is 0 Å². The number of thioether (sulfide) groups is 2. The number of carbonyl (C=O) groups excluding carboxylic acids is 8. The molecule has 0 saturated heterocycles. The Morgan fingerprint density at radius 3 is 0.800 bits per heavy atom. The number of amides is 2. The van der Waals surface area contributed by atoms with Crippen molar-refractivity contribution >= 4 is 82.0 Å². The first-order chi connectivity index (χ1) is 72.5. The van der Waals surface area contributed by atoms with E-state index in [1.165, 1.54) is 0 Å². The molecule has 26 heteroatoms. The zero-order valence-corrected chi connectivity index (χ0v) is 90.3. The van der Waals surface area contributed by atoms with E-state index in [4.69, 9.17) is 59.0 Å². The number of aliphatic hydroxyl groups excluding tert-OH is 2. The van der Waals surface area contributed by atoms with E-state index in [0.29, 0.717) is 73.1 Å². The van der Waals surface area contributed by atoms with Crippen molar-refractivity contribution in [2.24, 2.45) is 0 Å². The summed E-state index contributed by atoms with van der Waals surface area (Å²) in [5, 5.41) is 38.0. The van der Waals surface area contributed by atoms with Crippen LogP contribution < -0.4 is 48.5 Å². The predicted molar refractivity (Wildman–Crippen MR) is 591 cm³/mol. The molecular formula is C124H141ClN2O21S2. The number of ether oxygens (including phenoxy) is 10. The molecule has 0 bridgehead atoms. The maximum absolute atomic E-state index is 12.3. The van der Waals surface area contributed by atoms with Crippen molar-refractivity contribution in [1.29, 1.82) is 0 Å². The molecule has 2 aliphatic rings. The number of rotatable bonds is 50. The average molecular weight is 2100 g/mol. The molecule has 12 aromatic carbocycles. The Labute approximate surface area is 896 Å². The quantitative estimate of drug-likeness (QED) is 0.00777. The molecule has 2 fully saturated rings. The molecule has 23 nitrogen and oxygen atoms in total. The minimum Gasteiger partial charge on any atom is -0.497 e. The van der Waals surface area contributed by atoms with Crippen molar-refractivity contribution in [1.82, 2.24) is 10.6 Å². The fourth-order valence-corrected chi connectivity index (χ4v) is 21.5. The third-order valence-electron chi connectivity index (χ3n) is 26.7. The summed E-state index contributed by atoms with van der Waals surface area (Å²) < 4.78 is 52.2. The summed E-state index contributed by atoms with van der Waals surface area (Å²) in [4.78, 5) is 94.7. The van der Waals surface area contributed by atoms with Gasteiger partial charge in [0.25, 0.3) is 0 Å². The van der Waals surface area contributed by atoms with E-state index in [2.05, 4.69) is 122 Å². The van der Waals surface area contributed by atoms with E-state index in [0.717, 1.165) is 176 Å². The van der Waals surface area contributed by atoms with Gasteiger partial charge >= 0.3 is 11.9 Å². The highest BCUT2D eigenvalue weighted by molar-refractivity contribution is 8.00. The molecule has 2 unspecified atom stereocenters. The normalized spacial score (nSPS) is 13.1. The summed E-state index contributed by atoms with van der Waals surface area (Å²) in [5.74, 6) is 5.45. The van der Waals surface area contributed by atoms with Crippen LogP contribution in [0.5, 0.6) is 46.0 Å². The summed E-state index contributed by atoms with van der Waals surface area (Å²) in [6.07, 6.45) is 8.38. The van der Waals surface area contributed by atoms with E-state index < -0.39 is 44.1 Å². The number of Topliss-reactive ketones (excluding diaryl/α,β-unsaturated/α-hetero) is 4. The summed E-state index contributed by atoms with van der Waals surface area (Å²) in [5.41, 5.74) is 14.0. The molecule has 0 aliphatic heterocycles. The first kappa shape index (κ1) is 117. The number of halogens is 1. The second kappa shape index (κ2) is 58.6. The summed E-state index contributed by atoms with van der Waals surface area (Å²) in [6.45, 7) is 9.45. The Bertz CT molecular complexity index is 5830. The molecule has 2 amide bonds. The van der Waals surface area contributed by atoms with Gasteiger partial charge in [-0.3, -0.25) is 38.4 Å². The first-order valence-electron chi connectivity index (χ1n) is 51.2. The molecule has 5 N–H and O–H groups in total. The van der Waals surface area contributed by atoms with Crippen molar-refractivity contribution < 1.29 is 101 Å². The monoisotopic (exact) mass is 2090 g/mol. The van der Waals surface area contributed by atoms with Crippen LogP contribution in [0.1, 0.15) is 219 Å². The molecule has 0 spiro atoms. The van der Waals surface area contributed by atoms with Crippen LogP contribution in [0.15, 0.2) is 291 Å². The van der Waals surface area contributed by atoms with E-state index in [1.807, 2.05) is 207 Å². The van der Waals surface area contributed by atoms with Crippen LogP contribution in [0.4, 0.5) is 0 Å². The highest BCUT2D eigenvalue weighted by atomic mass is 35.5. The highest BCUT2D eigenvalue weighted by Crippen LogP contribution is 2.53. The number of hydrogen-bond acceptors (Lipinski definition) is 23. The molecule has 12 aromatic rings. The summed E-state index contributed by atoms with van der Waals surface area (Å²) in [7, 11) is 13.1. The lowest BCUT2D eigenvalue weighted by Gasteiger charge is -2.36. The molecule has 2 saturated carbocycles. The van der Waals surface area contributed by atoms with Crippen molar-refractivity contribution in [3.05, 3.63) is 380 Å². The molecule has 2 aliphatic carbocycles. The van der Waals surface area contributed by atoms with Gasteiger partial charge in [0.2, 0.25) is 24.0 Å². The van der Waals surface area contributed by atoms with Crippen LogP contribution in [0.3, 0.4) is 0 Å². The van der Waals surface area contributed by atoms with Crippen LogP contribution in [-0.4, -0.2) is 168 Å². The minimum absolute atomic E-state index is 0.0393. The third kappa shape index (κ3) is 31.8. The Morgan fingerprint density at radius 1 is 0.313 bits per heavy atom. The number of esters is 2. The number of hydrogen-bond donors (Lipinski definition) is 5. The fraction of sp³-hybridized carbons (Fsp3) is 0.355. The molecule has 0 heterocycles. The van der Waals surface area contributed by atoms with Crippen molar-refractivity contribution in [2.75, 3.05) is 81.5 Å². The first-order valence-corrected chi connectivity index (χ1v) is 53.5. The van der Waals surface area contributed by atoms with E-state index in [9.17, 15) is 53.7 Å². The van der Waals surface area contributed by atoms with Gasteiger partial charge in [-0.15, -0.1) is 35.1 Å². The van der Waals surface area contributed by atoms with Gasteiger partial charge in [-0.25, -0.2) is 0 Å². The Morgan fingerprint density at radius 2 is 0.540 bits per heavy atom.